The van der Waals surface area contributed by atoms with Gasteiger partial charge in [-0.15, -0.1) is 0 Å². The Bertz CT molecular complexity index is 1630. The highest BCUT2D eigenvalue weighted by Gasteiger charge is 2.15. The molecule has 5 rings (SSSR count). The molecule has 9 heteroatoms. The lowest BCUT2D eigenvalue weighted by Crippen LogP contribution is -2.12. The quantitative estimate of drug-likeness (QED) is 0.359. The minimum Gasteiger partial charge on any atom is -0.364 e. The molecule has 0 radical (unpaired) electrons. The number of pyridine rings is 3. The zero-order valence-electron chi connectivity index (χ0n) is 18.4. The van der Waals surface area contributed by atoms with Gasteiger partial charge in [-0.3, -0.25) is 9.97 Å². The minimum atomic E-state index is -3.92. The number of rotatable bonds is 6. The first-order chi connectivity index (χ1) is 16.9. The predicted octanol–water partition coefficient (Wildman–Crippen LogP) is 4.76. The molecule has 0 atom stereocenters. The second-order valence-corrected chi connectivity index (χ2v) is 9.46. The van der Waals surface area contributed by atoms with Gasteiger partial charge in [0.05, 0.1) is 17.9 Å². The Morgan fingerprint density at radius 3 is 2.49 bits per heavy atom. The molecule has 0 bridgehead atoms. The van der Waals surface area contributed by atoms with Crippen molar-refractivity contribution in [1.29, 1.82) is 0 Å². The maximum atomic E-state index is 13.6. The second kappa shape index (κ2) is 9.21. The molecule has 2 aromatic carbocycles. The number of benzene rings is 2. The summed E-state index contributed by atoms with van der Waals surface area (Å²) in [5.41, 5.74) is 3.57. The molecule has 35 heavy (non-hydrogen) atoms. The number of fused-ring (bicyclic) bond motifs is 1. The van der Waals surface area contributed by atoms with Crippen LogP contribution < -0.4 is 10.5 Å². The van der Waals surface area contributed by atoms with Gasteiger partial charge in [-0.05, 0) is 52.9 Å². The summed E-state index contributed by atoms with van der Waals surface area (Å²) in [5.74, 6) is 0.259. The van der Waals surface area contributed by atoms with Crippen LogP contribution in [0.3, 0.4) is 0 Å². The molecular weight excluding hydrogens is 465 g/mol. The van der Waals surface area contributed by atoms with Crippen molar-refractivity contribution >= 4 is 26.6 Å². The SMILES string of the molecule is NS(=O)(=O)c1cncc(-c2cc3cccc(-c4ccc(F)cc4)c3c(NCc3ccccn3)n2)c1. The number of nitrogens with one attached hydrogen (secondary N) is 1. The molecule has 5 aromatic rings. The van der Waals surface area contributed by atoms with Gasteiger partial charge in [-0.1, -0.05) is 36.4 Å². The third kappa shape index (κ3) is 4.86. The van der Waals surface area contributed by atoms with E-state index in [4.69, 9.17) is 10.1 Å². The number of primary sulfonamides is 1. The van der Waals surface area contributed by atoms with Crippen LogP contribution in [0, 0.1) is 5.82 Å². The monoisotopic (exact) mass is 485 g/mol. The smallest absolute Gasteiger partial charge is 0.239 e. The predicted molar refractivity (Wildman–Crippen MR) is 133 cm³/mol. The zero-order chi connectivity index (χ0) is 24.4. The maximum Gasteiger partial charge on any atom is 0.239 e. The summed E-state index contributed by atoms with van der Waals surface area (Å²) < 4.78 is 37.3. The molecule has 0 aliphatic carbocycles. The van der Waals surface area contributed by atoms with E-state index in [1.165, 1.54) is 30.6 Å². The number of sulfonamides is 1. The number of hydrogen-bond acceptors (Lipinski definition) is 6. The van der Waals surface area contributed by atoms with Gasteiger partial charge in [-0.25, -0.2) is 22.9 Å². The summed E-state index contributed by atoms with van der Waals surface area (Å²) in [5, 5.41) is 10.4. The molecule has 3 heterocycles. The Morgan fingerprint density at radius 1 is 0.914 bits per heavy atom. The number of nitrogens with two attached hydrogens (primary N) is 1. The average molecular weight is 486 g/mol. The molecule has 3 aromatic heterocycles. The molecule has 7 nitrogen and oxygen atoms in total. The van der Waals surface area contributed by atoms with Crippen molar-refractivity contribution in [3.8, 4) is 22.4 Å². The highest BCUT2D eigenvalue weighted by Crippen LogP contribution is 2.36. The fourth-order valence-electron chi connectivity index (χ4n) is 3.85. The number of hydrogen-bond donors (Lipinski definition) is 2. The molecular formula is C26H20FN5O2S. The minimum absolute atomic E-state index is 0.0973. The Labute approximate surface area is 201 Å². The third-order valence-electron chi connectivity index (χ3n) is 5.51. The molecule has 0 aliphatic rings. The van der Waals surface area contributed by atoms with Crippen LogP contribution in [-0.4, -0.2) is 23.4 Å². The molecule has 0 aliphatic heterocycles. The first-order valence-electron chi connectivity index (χ1n) is 10.7. The first kappa shape index (κ1) is 22.6. The number of nitrogens with zero attached hydrogens (tertiary/aromatic N) is 3. The number of anilines is 1. The molecule has 0 fully saturated rings. The summed E-state index contributed by atoms with van der Waals surface area (Å²) in [6, 6.07) is 21.0. The van der Waals surface area contributed by atoms with Crippen LogP contribution in [0.1, 0.15) is 5.69 Å². The molecule has 3 N–H and O–H groups in total. The van der Waals surface area contributed by atoms with E-state index in [0.717, 1.165) is 27.6 Å². The van der Waals surface area contributed by atoms with E-state index in [1.807, 2.05) is 42.5 Å². The maximum absolute atomic E-state index is 13.6. The lowest BCUT2D eigenvalue weighted by atomic mass is 9.97. The molecule has 0 spiro atoms. The summed E-state index contributed by atoms with van der Waals surface area (Å²) in [6.45, 7) is 0.416. The van der Waals surface area contributed by atoms with Gasteiger partial charge < -0.3 is 5.32 Å². The number of halogens is 1. The topological polar surface area (TPSA) is 111 Å². The van der Waals surface area contributed by atoms with Crippen molar-refractivity contribution in [2.75, 3.05) is 5.32 Å². The van der Waals surface area contributed by atoms with Gasteiger partial charge in [-0.2, -0.15) is 0 Å². The van der Waals surface area contributed by atoms with Crippen LogP contribution >= 0.6 is 0 Å². The van der Waals surface area contributed by atoms with Crippen LogP contribution in [0.5, 0.6) is 0 Å². The molecule has 174 valence electrons. The van der Waals surface area contributed by atoms with Crippen molar-refractivity contribution < 1.29 is 12.8 Å². The highest BCUT2D eigenvalue weighted by molar-refractivity contribution is 7.89. The zero-order valence-corrected chi connectivity index (χ0v) is 19.2. The highest BCUT2D eigenvalue weighted by atomic mass is 32.2. The van der Waals surface area contributed by atoms with E-state index in [0.29, 0.717) is 23.6 Å². The second-order valence-electron chi connectivity index (χ2n) is 7.90. The number of aromatic nitrogens is 3. The normalized spacial score (nSPS) is 11.5. The Hall–Kier alpha value is -4.21. The van der Waals surface area contributed by atoms with Crippen LogP contribution in [0.15, 0.2) is 96.3 Å². The van der Waals surface area contributed by atoms with Gasteiger partial charge >= 0.3 is 0 Å². The Morgan fingerprint density at radius 2 is 1.74 bits per heavy atom. The summed E-state index contributed by atoms with van der Waals surface area (Å²) in [4.78, 5) is 13.1. The van der Waals surface area contributed by atoms with Gasteiger partial charge in [0.15, 0.2) is 0 Å². The van der Waals surface area contributed by atoms with E-state index in [-0.39, 0.29) is 10.7 Å². The van der Waals surface area contributed by atoms with E-state index < -0.39 is 10.0 Å². The van der Waals surface area contributed by atoms with Crippen molar-refractivity contribution in [3.05, 3.63) is 103 Å². The van der Waals surface area contributed by atoms with Crippen LogP contribution in [0.2, 0.25) is 0 Å². The Kier molecular flexibility index (Phi) is 5.94. The van der Waals surface area contributed by atoms with E-state index in [9.17, 15) is 12.8 Å². The summed E-state index contributed by atoms with van der Waals surface area (Å²) in [7, 11) is -3.92. The van der Waals surface area contributed by atoms with Gasteiger partial charge in [0, 0.05) is 29.5 Å². The van der Waals surface area contributed by atoms with Crippen LogP contribution in [0.25, 0.3) is 33.2 Å². The fourth-order valence-corrected chi connectivity index (χ4v) is 4.35. The fraction of sp³-hybridized carbons (Fsp3) is 0.0385. The lowest BCUT2D eigenvalue weighted by molar-refractivity contribution is 0.597. The standard InChI is InChI=1S/C26H20FN5O2S/c27-20-9-7-17(8-10-20)23-6-3-4-18-13-24(19-12-22(16-29-14-19)35(28,33)34)32-26(25(18)23)31-15-21-5-1-2-11-30-21/h1-14,16H,15H2,(H,31,32)(H2,28,33,34). The molecule has 0 amide bonds. The largest absolute Gasteiger partial charge is 0.364 e. The van der Waals surface area contributed by atoms with Crippen molar-refractivity contribution in [2.24, 2.45) is 5.14 Å². The lowest BCUT2D eigenvalue weighted by Gasteiger charge is -2.15. The van der Waals surface area contributed by atoms with Crippen molar-refractivity contribution in [2.45, 2.75) is 11.4 Å². The molecule has 0 unspecified atom stereocenters. The average Bonchev–Trinajstić information content (AvgIpc) is 2.87. The summed E-state index contributed by atoms with van der Waals surface area (Å²) >= 11 is 0. The molecule has 0 saturated carbocycles. The van der Waals surface area contributed by atoms with Crippen molar-refractivity contribution in [1.82, 2.24) is 15.0 Å². The van der Waals surface area contributed by atoms with Crippen LogP contribution in [-0.2, 0) is 16.6 Å². The van der Waals surface area contributed by atoms with E-state index >= 15 is 0 Å². The van der Waals surface area contributed by atoms with Gasteiger partial charge in [0.25, 0.3) is 0 Å². The van der Waals surface area contributed by atoms with E-state index in [2.05, 4.69) is 15.3 Å². The van der Waals surface area contributed by atoms with Crippen LogP contribution in [0.4, 0.5) is 10.2 Å². The Balaban J connectivity index is 1.69. The van der Waals surface area contributed by atoms with Crippen molar-refractivity contribution in [3.63, 3.8) is 0 Å². The molecule has 0 saturated heterocycles. The van der Waals surface area contributed by atoms with Gasteiger partial charge in [0.1, 0.15) is 16.5 Å². The third-order valence-corrected chi connectivity index (χ3v) is 6.39. The van der Waals surface area contributed by atoms with E-state index in [1.54, 1.807) is 18.3 Å². The van der Waals surface area contributed by atoms with Gasteiger partial charge in [0.2, 0.25) is 10.0 Å². The first-order valence-corrected chi connectivity index (χ1v) is 12.2. The summed E-state index contributed by atoms with van der Waals surface area (Å²) in [6.07, 6.45) is 4.45.